The molecule has 140 valence electrons. The number of carbonyl (C=O) groups is 2. The molecule has 2 N–H and O–H groups in total. The number of rotatable bonds is 6. The Kier molecular flexibility index (Phi) is 5.97. The zero-order valence-corrected chi connectivity index (χ0v) is 15.4. The Morgan fingerprint density at radius 3 is 2.58 bits per heavy atom. The van der Waals surface area contributed by atoms with Crippen molar-refractivity contribution in [1.29, 1.82) is 0 Å². The monoisotopic (exact) mass is 360 g/mol. The average Bonchev–Trinajstić information content (AvgIpc) is 2.91. The number of hydrogen-bond donors (Lipinski definition) is 2. The summed E-state index contributed by atoms with van der Waals surface area (Å²) in [5.41, 5.74) is 1.86. The minimum Gasteiger partial charge on any atom is -0.476 e. The van der Waals surface area contributed by atoms with Crippen molar-refractivity contribution in [3.8, 4) is 0 Å². The molecule has 0 unspecified atom stereocenters. The highest BCUT2D eigenvalue weighted by atomic mass is 16.6. The number of carbonyl (C=O) groups excluding carboxylic acids is 1. The number of aromatic carboxylic acids is 1. The van der Waals surface area contributed by atoms with Gasteiger partial charge in [0, 0.05) is 13.0 Å². The van der Waals surface area contributed by atoms with Crippen LogP contribution in [0.25, 0.3) is 0 Å². The molecule has 0 aliphatic carbocycles. The first-order valence-corrected chi connectivity index (χ1v) is 8.34. The number of aryl methyl sites for hydroxylation is 1. The largest absolute Gasteiger partial charge is 0.476 e. The van der Waals surface area contributed by atoms with E-state index in [1.807, 2.05) is 31.2 Å². The second kappa shape index (κ2) is 7.99. The van der Waals surface area contributed by atoms with Gasteiger partial charge in [0.05, 0.1) is 12.2 Å². The quantitative estimate of drug-likeness (QED) is 0.819. The fourth-order valence-electron chi connectivity index (χ4n) is 2.42. The lowest BCUT2D eigenvalue weighted by Crippen LogP contribution is -2.34. The van der Waals surface area contributed by atoms with Gasteiger partial charge in [-0.15, -0.1) is 5.10 Å². The topological polar surface area (TPSA) is 106 Å². The van der Waals surface area contributed by atoms with Crippen molar-refractivity contribution in [1.82, 2.24) is 20.3 Å². The zero-order valence-electron chi connectivity index (χ0n) is 15.4. The summed E-state index contributed by atoms with van der Waals surface area (Å²) < 4.78 is 6.73. The summed E-state index contributed by atoms with van der Waals surface area (Å²) in [6, 6.07) is 7.80. The van der Waals surface area contributed by atoms with Crippen LogP contribution in [0.15, 0.2) is 24.3 Å². The number of carboxylic acids is 1. The smallest absolute Gasteiger partial charge is 0.407 e. The van der Waals surface area contributed by atoms with Crippen molar-refractivity contribution >= 4 is 12.1 Å². The Balaban J connectivity index is 2.11. The van der Waals surface area contributed by atoms with Crippen molar-refractivity contribution in [3.63, 3.8) is 0 Å². The van der Waals surface area contributed by atoms with Crippen LogP contribution in [0.5, 0.6) is 0 Å². The Morgan fingerprint density at radius 1 is 1.27 bits per heavy atom. The lowest BCUT2D eigenvalue weighted by atomic mass is 10.1. The van der Waals surface area contributed by atoms with Gasteiger partial charge in [-0.1, -0.05) is 29.5 Å². The molecule has 1 aromatic carbocycles. The average molecular weight is 360 g/mol. The van der Waals surface area contributed by atoms with E-state index >= 15 is 0 Å². The van der Waals surface area contributed by atoms with Crippen LogP contribution in [0.1, 0.15) is 48.1 Å². The number of aromatic nitrogens is 3. The third kappa shape index (κ3) is 5.30. The molecule has 0 radical (unpaired) electrons. The van der Waals surface area contributed by atoms with Crippen LogP contribution in [0.3, 0.4) is 0 Å². The normalized spacial score (nSPS) is 11.2. The summed E-state index contributed by atoms with van der Waals surface area (Å²) >= 11 is 0. The van der Waals surface area contributed by atoms with E-state index in [0.717, 1.165) is 11.1 Å². The number of hydrogen-bond acceptors (Lipinski definition) is 5. The molecule has 0 atom stereocenters. The maximum Gasteiger partial charge on any atom is 0.407 e. The van der Waals surface area contributed by atoms with Crippen molar-refractivity contribution < 1.29 is 19.4 Å². The van der Waals surface area contributed by atoms with Gasteiger partial charge >= 0.3 is 12.1 Å². The van der Waals surface area contributed by atoms with Gasteiger partial charge in [0.25, 0.3) is 0 Å². The molecule has 2 aromatic rings. The van der Waals surface area contributed by atoms with Crippen LogP contribution in [-0.4, -0.2) is 44.3 Å². The fraction of sp³-hybridized carbons (Fsp3) is 0.444. The molecule has 1 aromatic heterocycles. The molecular formula is C18H24N4O4. The summed E-state index contributed by atoms with van der Waals surface area (Å²) in [7, 11) is 0. The Hall–Kier alpha value is -2.90. The highest BCUT2D eigenvalue weighted by molar-refractivity contribution is 5.86. The molecule has 0 spiro atoms. The SMILES string of the molecule is Cc1ccccc1Cn1nnc(C(=O)O)c1CCNC(=O)OC(C)(C)C. The van der Waals surface area contributed by atoms with Gasteiger partial charge in [0.1, 0.15) is 5.60 Å². The fourth-order valence-corrected chi connectivity index (χ4v) is 2.42. The number of alkyl carbamates (subject to hydrolysis) is 1. The predicted octanol–water partition coefficient (Wildman–Crippen LogP) is 2.40. The molecule has 0 bridgehead atoms. The number of carboxylic acid groups (broad SMARTS) is 1. The van der Waals surface area contributed by atoms with Gasteiger partial charge in [0.15, 0.2) is 5.69 Å². The first-order chi connectivity index (χ1) is 12.2. The van der Waals surface area contributed by atoms with Crippen molar-refractivity contribution in [2.75, 3.05) is 6.54 Å². The van der Waals surface area contributed by atoms with Crippen molar-refractivity contribution in [2.45, 2.75) is 46.3 Å². The highest BCUT2D eigenvalue weighted by Gasteiger charge is 2.20. The van der Waals surface area contributed by atoms with Gasteiger partial charge < -0.3 is 15.2 Å². The van der Waals surface area contributed by atoms with E-state index in [1.165, 1.54) is 0 Å². The minimum atomic E-state index is -1.15. The van der Waals surface area contributed by atoms with E-state index in [0.29, 0.717) is 12.2 Å². The van der Waals surface area contributed by atoms with Gasteiger partial charge in [-0.25, -0.2) is 14.3 Å². The summed E-state index contributed by atoms with van der Waals surface area (Å²) in [4.78, 5) is 23.2. The van der Waals surface area contributed by atoms with Crippen LogP contribution in [0, 0.1) is 6.92 Å². The van der Waals surface area contributed by atoms with Crippen LogP contribution in [0.4, 0.5) is 4.79 Å². The van der Waals surface area contributed by atoms with E-state index in [9.17, 15) is 14.7 Å². The molecule has 0 saturated heterocycles. The van der Waals surface area contributed by atoms with Crippen LogP contribution >= 0.6 is 0 Å². The third-order valence-electron chi connectivity index (χ3n) is 3.65. The highest BCUT2D eigenvalue weighted by Crippen LogP contribution is 2.13. The lowest BCUT2D eigenvalue weighted by Gasteiger charge is -2.19. The molecule has 1 heterocycles. The molecular weight excluding hydrogens is 336 g/mol. The lowest BCUT2D eigenvalue weighted by molar-refractivity contribution is 0.0528. The standard InChI is InChI=1S/C18H24N4O4/c1-12-7-5-6-8-13(12)11-22-14(15(16(23)24)20-21-22)9-10-19-17(25)26-18(2,3)4/h5-8H,9-11H2,1-4H3,(H,19,25)(H,23,24). The molecule has 0 saturated carbocycles. The number of benzene rings is 1. The van der Waals surface area contributed by atoms with E-state index < -0.39 is 17.7 Å². The second-order valence-electron chi connectivity index (χ2n) is 6.95. The number of ether oxygens (including phenoxy) is 1. The summed E-state index contributed by atoms with van der Waals surface area (Å²) in [5, 5.41) is 19.7. The maximum atomic E-state index is 11.7. The molecule has 8 nitrogen and oxygen atoms in total. The maximum absolute atomic E-state index is 11.7. The Labute approximate surface area is 152 Å². The molecule has 0 aliphatic heterocycles. The molecule has 2 rings (SSSR count). The molecule has 26 heavy (non-hydrogen) atoms. The van der Waals surface area contributed by atoms with Crippen molar-refractivity contribution in [2.24, 2.45) is 0 Å². The first kappa shape index (κ1) is 19.4. The van der Waals surface area contributed by atoms with Gasteiger partial charge in [0.2, 0.25) is 0 Å². The Bertz CT molecular complexity index is 793. The van der Waals surface area contributed by atoms with Crippen LogP contribution < -0.4 is 5.32 Å². The van der Waals surface area contributed by atoms with Crippen LogP contribution in [0.2, 0.25) is 0 Å². The van der Waals surface area contributed by atoms with E-state index in [-0.39, 0.29) is 18.7 Å². The van der Waals surface area contributed by atoms with E-state index in [4.69, 9.17) is 4.74 Å². The molecule has 0 aliphatic rings. The van der Waals surface area contributed by atoms with Crippen LogP contribution in [-0.2, 0) is 17.7 Å². The minimum absolute atomic E-state index is 0.107. The summed E-state index contributed by atoms with van der Waals surface area (Å²) in [6.45, 7) is 7.93. The third-order valence-corrected chi connectivity index (χ3v) is 3.65. The van der Waals surface area contributed by atoms with Crippen molar-refractivity contribution in [3.05, 3.63) is 46.8 Å². The Morgan fingerprint density at radius 2 is 1.96 bits per heavy atom. The van der Waals surface area contributed by atoms with E-state index in [2.05, 4.69) is 15.6 Å². The van der Waals surface area contributed by atoms with Gasteiger partial charge in [-0.2, -0.15) is 0 Å². The van der Waals surface area contributed by atoms with Gasteiger partial charge in [-0.05, 0) is 38.8 Å². The first-order valence-electron chi connectivity index (χ1n) is 8.34. The molecule has 8 heteroatoms. The summed E-state index contributed by atoms with van der Waals surface area (Å²) in [6.07, 6.45) is -0.271. The second-order valence-corrected chi connectivity index (χ2v) is 6.95. The number of nitrogens with one attached hydrogen (secondary N) is 1. The van der Waals surface area contributed by atoms with Gasteiger partial charge in [-0.3, -0.25) is 0 Å². The predicted molar refractivity (Wildman–Crippen MR) is 95.2 cm³/mol. The number of nitrogens with zero attached hydrogens (tertiary/aromatic N) is 3. The molecule has 1 amide bonds. The number of amides is 1. The zero-order chi connectivity index (χ0) is 19.3. The van der Waals surface area contributed by atoms with E-state index in [1.54, 1.807) is 25.5 Å². The molecule has 0 fully saturated rings. The summed E-state index contributed by atoms with van der Waals surface area (Å²) in [5.74, 6) is -1.15.